The van der Waals surface area contributed by atoms with Gasteiger partial charge in [0.2, 0.25) is 0 Å². The van der Waals surface area contributed by atoms with Crippen LogP contribution in [0.2, 0.25) is 0 Å². The summed E-state index contributed by atoms with van der Waals surface area (Å²) >= 11 is 0. The van der Waals surface area contributed by atoms with Gasteiger partial charge in [-0.1, -0.05) is 18.2 Å². The molecule has 0 aromatic heterocycles. The Bertz CT molecular complexity index is 551. The topological polar surface area (TPSA) is 62.7 Å². The molecule has 1 saturated carbocycles. The standard InChI is InChI=1S/C14H17N3O2/c1-14(10-5-3-4-6-11(10)19-2)12(18)16-13(17-14)15-9-7-8-9/h3-6,9H,7-8H2,1-2H3,(H2,15,16,17,18). The largest absolute Gasteiger partial charge is 0.496 e. The number of nitrogens with one attached hydrogen (secondary N) is 2. The molecule has 0 bridgehead atoms. The number of aliphatic imine (C=N–C) groups is 1. The maximum absolute atomic E-state index is 12.3. The Hall–Kier alpha value is -2.04. The van der Waals surface area contributed by atoms with Crippen molar-refractivity contribution in [1.82, 2.24) is 10.6 Å². The van der Waals surface area contributed by atoms with Gasteiger partial charge in [0.25, 0.3) is 5.91 Å². The Kier molecular flexibility index (Phi) is 2.69. The van der Waals surface area contributed by atoms with E-state index in [-0.39, 0.29) is 5.91 Å². The monoisotopic (exact) mass is 259 g/mol. The van der Waals surface area contributed by atoms with E-state index in [1.165, 1.54) is 0 Å². The molecule has 5 nitrogen and oxygen atoms in total. The summed E-state index contributed by atoms with van der Waals surface area (Å²) in [6.07, 6.45) is 2.21. The minimum Gasteiger partial charge on any atom is -0.496 e. The van der Waals surface area contributed by atoms with Crippen molar-refractivity contribution in [2.45, 2.75) is 31.3 Å². The van der Waals surface area contributed by atoms with Crippen molar-refractivity contribution >= 4 is 11.9 Å². The molecule has 3 rings (SSSR count). The number of rotatable bonds is 3. The van der Waals surface area contributed by atoms with Gasteiger partial charge in [-0.3, -0.25) is 10.1 Å². The molecule has 1 aliphatic heterocycles. The van der Waals surface area contributed by atoms with Crippen LogP contribution in [0.25, 0.3) is 0 Å². The van der Waals surface area contributed by atoms with Crippen molar-refractivity contribution in [2.24, 2.45) is 4.99 Å². The Morgan fingerprint density at radius 1 is 1.37 bits per heavy atom. The van der Waals surface area contributed by atoms with Crippen LogP contribution >= 0.6 is 0 Å². The summed E-state index contributed by atoms with van der Waals surface area (Å²) in [5, 5.41) is 6.00. The van der Waals surface area contributed by atoms with E-state index in [4.69, 9.17) is 4.74 Å². The van der Waals surface area contributed by atoms with Gasteiger partial charge >= 0.3 is 0 Å². The summed E-state index contributed by atoms with van der Waals surface area (Å²) in [4.78, 5) is 16.7. The lowest BCUT2D eigenvalue weighted by molar-refractivity contribution is -0.123. The lowest BCUT2D eigenvalue weighted by Crippen LogP contribution is -2.41. The van der Waals surface area contributed by atoms with E-state index in [1.54, 1.807) is 7.11 Å². The molecule has 0 radical (unpaired) electrons. The lowest BCUT2D eigenvalue weighted by Gasteiger charge is -2.23. The Labute approximate surface area is 112 Å². The van der Waals surface area contributed by atoms with Crippen molar-refractivity contribution in [3.05, 3.63) is 29.8 Å². The summed E-state index contributed by atoms with van der Waals surface area (Å²) in [5.74, 6) is 1.16. The van der Waals surface area contributed by atoms with E-state index in [0.29, 0.717) is 17.8 Å². The van der Waals surface area contributed by atoms with Gasteiger partial charge in [-0.2, -0.15) is 0 Å². The second kappa shape index (κ2) is 4.26. The van der Waals surface area contributed by atoms with Crippen molar-refractivity contribution in [2.75, 3.05) is 7.11 Å². The Morgan fingerprint density at radius 3 is 2.79 bits per heavy atom. The second-order valence-corrected chi connectivity index (χ2v) is 5.11. The third-order valence-corrected chi connectivity index (χ3v) is 3.56. The van der Waals surface area contributed by atoms with Crippen molar-refractivity contribution in [3.8, 4) is 5.75 Å². The van der Waals surface area contributed by atoms with Gasteiger partial charge in [0.05, 0.1) is 13.2 Å². The first kappa shape index (κ1) is 12.0. The molecule has 2 N–H and O–H groups in total. The molecular formula is C14H17N3O2. The number of amides is 1. The van der Waals surface area contributed by atoms with Crippen LogP contribution in [0.4, 0.5) is 0 Å². The zero-order valence-corrected chi connectivity index (χ0v) is 11.1. The van der Waals surface area contributed by atoms with E-state index >= 15 is 0 Å². The average Bonchev–Trinajstić information content (AvgIpc) is 3.17. The molecule has 100 valence electrons. The van der Waals surface area contributed by atoms with Crippen LogP contribution < -0.4 is 15.4 Å². The van der Waals surface area contributed by atoms with Crippen LogP contribution in [0.15, 0.2) is 29.3 Å². The molecular weight excluding hydrogens is 242 g/mol. The minimum atomic E-state index is -0.833. The highest BCUT2D eigenvalue weighted by Gasteiger charge is 2.44. The molecule has 1 amide bonds. The highest BCUT2D eigenvalue weighted by molar-refractivity contribution is 6.09. The summed E-state index contributed by atoms with van der Waals surface area (Å²) < 4.78 is 5.34. The fourth-order valence-electron chi connectivity index (χ4n) is 2.26. The zero-order chi connectivity index (χ0) is 13.5. The van der Waals surface area contributed by atoms with Gasteiger partial charge in [0.1, 0.15) is 11.3 Å². The van der Waals surface area contributed by atoms with Gasteiger partial charge in [-0.25, -0.2) is 4.99 Å². The van der Waals surface area contributed by atoms with E-state index in [0.717, 1.165) is 18.4 Å². The number of para-hydroxylation sites is 1. The third kappa shape index (κ3) is 2.05. The smallest absolute Gasteiger partial charge is 0.256 e. The Balaban J connectivity index is 1.96. The molecule has 1 aromatic carbocycles. The zero-order valence-electron chi connectivity index (χ0n) is 11.1. The molecule has 1 saturated heterocycles. The van der Waals surface area contributed by atoms with Crippen LogP contribution in [-0.2, 0) is 10.3 Å². The van der Waals surface area contributed by atoms with Crippen molar-refractivity contribution in [3.63, 3.8) is 0 Å². The third-order valence-electron chi connectivity index (χ3n) is 3.56. The predicted molar refractivity (Wildman–Crippen MR) is 72.1 cm³/mol. The van der Waals surface area contributed by atoms with E-state index in [2.05, 4.69) is 15.6 Å². The second-order valence-electron chi connectivity index (χ2n) is 5.11. The van der Waals surface area contributed by atoms with Gasteiger partial charge in [0, 0.05) is 5.56 Å². The first-order chi connectivity index (χ1) is 9.13. The summed E-state index contributed by atoms with van der Waals surface area (Å²) in [7, 11) is 1.61. The number of guanidine groups is 1. The number of ether oxygens (including phenoxy) is 1. The van der Waals surface area contributed by atoms with E-state index in [1.807, 2.05) is 31.2 Å². The molecule has 5 heteroatoms. The molecule has 0 spiro atoms. The number of methoxy groups -OCH3 is 1. The number of carbonyl (C=O) groups excluding carboxylic acids is 1. The van der Waals surface area contributed by atoms with Crippen LogP contribution in [0, 0.1) is 0 Å². The quantitative estimate of drug-likeness (QED) is 0.856. The minimum absolute atomic E-state index is 0.101. The molecule has 1 aliphatic carbocycles. The normalized spacial score (nSPS) is 28.1. The fourth-order valence-corrected chi connectivity index (χ4v) is 2.26. The number of carbonyl (C=O) groups is 1. The molecule has 1 atom stereocenters. The lowest BCUT2D eigenvalue weighted by atomic mass is 9.91. The number of benzene rings is 1. The van der Waals surface area contributed by atoms with Gasteiger partial charge in [-0.15, -0.1) is 0 Å². The van der Waals surface area contributed by atoms with Crippen LogP contribution in [0.1, 0.15) is 25.3 Å². The van der Waals surface area contributed by atoms with Gasteiger partial charge in [0.15, 0.2) is 5.96 Å². The number of hydrogen-bond donors (Lipinski definition) is 2. The predicted octanol–water partition coefficient (Wildman–Crippen LogP) is 1.15. The maximum atomic E-state index is 12.3. The first-order valence-corrected chi connectivity index (χ1v) is 6.44. The van der Waals surface area contributed by atoms with Crippen LogP contribution in [-0.4, -0.2) is 25.0 Å². The highest BCUT2D eigenvalue weighted by Crippen LogP contribution is 2.32. The average molecular weight is 259 g/mol. The van der Waals surface area contributed by atoms with E-state index < -0.39 is 5.54 Å². The number of nitrogens with zero attached hydrogens (tertiary/aromatic N) is 1. The molecule has 2 aliphatic rings. The molecule has 2 fully saturated rings. The molecule has 1 unspecified atom stereocenters. The Morgan fingerprint density at radius 2 is 2.11 bits per heavy atom. The molecule has 1 aromatic rings. The highest BCUT2D eigenvalue weighted by atomic mass is 16.5. The van der Waals surface area contributed by atoms with Gasteiger partial charge in [-0.05, 0) is 25.8 Å². The van der Waals surface area contributed by atoms with Crippen LogP contribution in [0.5, 0.6) is 5.75 Å². The van der Waals surface area contributed by atoms with Gasteiger partial charge < -0.3 is 10.1 Å². The molecule has 1 heterocycles. The summed E-state index contributed by atoms with van der Waals surface area (Å²) in [6, 6.07) is 7.89. The summed E-state index contributed by atoms with van der Waals surface area (Å²) in [5.41, 5.74) is -0.0173. The SMILES string of the molecule is COc1ccccc1C1(C)NC(=NC2CC2)NC1=O. The first-order valence-electron chi connectivity index (χ1n) is 6.44. The maximum Gasteiger partial charge on any atom is 0.256 e. The number of hydrogen-bond acceptors (Lipinski definition) is 3. The summed E-state index contributed by atoms with van der Waals surface area (Å²) in [6.45, 7) is 1.84. The molecule has 19 heavy (non-hydrogen) atoms. The fraction of sp³-hybridized carbons (Fsp3) is 0.429. The van der Waals surface area contributed by atoms with E-state index in [9.17, 15) is 4.79 Å². The van der Waals surface area contributed by atoms with Crippen molar-refractivity contribution in [1.29, 1.82) is 0 Å². The van der Waals surface area contributed by atoms with Crippen molar-refractivity contribution < 1.29 is 9.53 Å². The van der Waals surface area contributed by atoms with Crippen LogP contribution in [0.3, 0.4) is 0 Å².